The Hall–Kier alpha value is -1.19. The van der Waals surface area contributed by atoms with Gasteiger partial charge in [-0.1, -0.05) is 29.3 Å². The molecule has 0 aliphatic heterocycles. The van der Waals surface area contributed by atoms with Crippen molar-refractivity contribution in [2.24, 2.45) is 0 Å². The molecular formula is C12H9Cl2FN2. The number of hydrogen-bond donors (Lipinski definition) is 0. The van der Waals surface area contributed by atoms with Gasteiger partial charge < -0.3 is 0 Å². The molecule has 0 N–H and O–H groups in total. The van der Waals surface area contributed by atoms with Gasteiger partial charge in [-0.3, -0.25) is 0 Å². The fourth-order valence-electron chi connectivity index (χ4n) is 1.49. The van der Waals surface area contributed by atoms with Crippen molar-refractivity contribution in [1.29, 1.82) is 0 Å². The molecule has 2 nitrogen and oxygen atoms in total. The van der Waals surface area contributed by atoms with Crippen molar-refractivity contribution in [2.45, 2.75) is 13.3 Å². The highest BCUT2D eigenvalue weighted by Gasteiger charge is 2.08. The SMILES string of the molecule is Cc1cc(Cc2ccc(Cl)nn2)c(F)cc1Cl. The molecule has 2 aromatic rings. The third kappa shape index (κ3) is 2.93. The first-order valence-corrected chi connectivity index (χ1v) is 5.74. The van der Waals surface area contributed by atoms with Crippen LogP contribution in [0.15, 0.2) is 24.3 Å². The zero-order chi connectivity index (χ0) is 12.4. The van der Waals surface area contributed by atoms with Crippen LogP contribution in [0.4, 0.5) is 4.39 Å². The summed E-state index contributed by atoms with van der Waals surface area (Å²) in [4.78, 5) is 0. The number of hydrogen-bond acceptors (Lipinski definition) is 2. The van der Waals surface area contributed by atoms with Gasteiger partial charge in [0.15, 0.2) is 5.15 Å². The highest BCUT2D eigenvalue weighted by Crippen LogP contribution is 2.21. The second-order valence-electron chi connectivity index (χ2n) is 3.72. The monoisotopic (exact) mass is 270 g/mol. The van der Waals surface area contributed by atoms with Gasteiger partial charge in [-0.25, -0.2) is 4.39 Å². The minimum atomic E-state index is -0.336. The summed E-state index contributed by atoms with van der Waals surface area (Å²) >= 11 is 11.5. The van der Waals surface area contributed by atoms with E-state index >= 15 is 0 Å². The molecule has 0 aliphatic carbocycles. The number of aromatic nitrogens is 2. The van der Waals surface area contributed by atoms with Crippen LogP contribution in [0, 0.1) is 12.7 Å². The van der Waals surface area contributed by atoms with Crippen LogP contribution in [-0.4, -0.2) is 10.2 Å². The Morgan fingerprint density at radius 2 is 1.94 bits per heavy atom. The summed E-state index contributed by atoms with van der Waals surface area (Å²) in [6.45, 7) is 1.83. The second kappa shape index (κ2) is 4.98. The first-order valence-electron chi connectivity index (χ1n) is 4.99. The van der Waals surface area contributed by atoms with E-state index < -0.39 is 0 Å². The third-order valence-corrected chi connectivity index (χ3v) is 3.00. The van der Waals surface area contributed by atoms with E-state index in [2.05, 4.69) is 10.2 Å². The fraction of sp³-hybridized carbons (Fsp3) is 0.167. The average molecular weight is 271 g/mol. The maximum atomic E-state index is 13.6. The first kappa shape index (κ1) is 12.3. The van der Waals surface area contributed by atoms with E-state index in [4.69, 9.17) is 23.2 Å². The van der Waals surface area contributed by atoms with E-state index in [9.17, 15) is 4.39 Å². The van der Waals surface area contributed by atoms with Crippen LogP contribution in [-0.2, 0) is 6.42 Å². The van der Waals surface area contributed by atoms with Gasteiger partial charge in [0.25, 0.3) is 0 Å². The van der Waals surface area contributed by atoms with Gasteiger partial charge in [-0.2, -0.15) is 5.10 Å². The second-order valence-corrected chi connectivity index (χ2v) is 4.51. The van der Waals surface area contributed by atoms with Gasteiger partial charge in [-0.15, -0.1) is 5.10 Å². The van der Waals surface area contributed by atoms with Crippen LogP contribution < -0.4 is 0 Å². The van der Waals surface area contributed by atoms with E-state index in [1.54, 1.807) is 18.2 Å². The Balaban J connectivity index is 2.30. The van der Waals surface area contributed by atoms with E-state index in [0.717, 1.165) is 5.56 Å². The number of aryl methyl sites for hydroxylation is 1. The molecule has 0 bridgehead atoms. The minimum absolute atomic E-state index is 0.321. The van der Waals surface area contributed by atoms with Crippen LogP contribution in [0.2, 0.25) is 10.2 Å². The lowest BCUT2D eigenvalue weighted by atomic mass is 10.1. The van der Waals surface area contributed by atoms with Gasteiger partial charge in [-0.05, 0) is 36.2 Å². The molecule has 0 atom stereocenters. The predicted molar refractivity (Wildman–Crippen MR) is 66.0 cm³/mol. The van der Waals surface area contributed by atoms with Crippen molar-refractivity contribution in [2.75, 3.05) is 0 Å². The molecule has 0 aliphatic rings. The molecule has 0 amide bonds. The van der Waals surface area contributed by atoms with Crippen molar-refractivity contribution >= 4 is 23.2 Å². The Morgan fingerprint density at radius 3 is 2.59 bits per heavy atom. The largest absolute Gasteiger partial charge is 0.207 e. The molecule has 0 fully saturated rings. The van der Waals surface area contributed by atoms with E-state index in [1.165, 1.54) is 6.07 Å². The highest BCUT2D eigenvalue weighted by molar-refractivity contribution is 6.31. The molecule has 88 valence electrons. The van der Waals surface area contributed by atoms with Crippen LogP contribution in [0.3, 0.4) is 0 Å². The van der Waals surface area contributed by atoms with Gasteiger partial charge in [0.1, 0.15) is 5.82 Å². The van der Waals surface area contributed by atoms with E-state index in [-0.39, 0.29) is 5.82 Å². The summed E-state index contributed by atoms with van der Waals surface area (Å²) in [5.74, 6) is -0.336. The van der Waals surface area contributed by atoms with Crippen LogP contribution >= 0.6 is 23.2 Å². The zero-order valence-electron chi connectivity index (χ0n) is 9.04. The quantitative estimate of drug-likeness (QED) is 0.829. The summed E-state index contributed by atoms with van der Waals surface area (Å²) < 4.78 is 13.6. The van der Waals surface area contributed by atoms with Gasteiger partial charge in [0.2, 0.25) is 0 Å². The molecule has 0 unspecified atom stereocenters. The standard InChI is InChI=1S/C12H9Cl2FN2/c1-7-4-8(11(15)6-10(7)13)5-9-2-3-12(14)17-16-9/h2-4,6H,5H2,1H3. The Labute approximate surface area is 108 Å². The smallest absolute Gasteiger partial charge is 0.151 e. The average Bonchev–Trinajstić information content (AvgIpc) is 2.29. The van der Waals surface area contributed by atoms with Gasteiger partial charge in [0, 0.05) is 11.4 Å². The van der Waals surface area contributed by atoms with Gasteiger partial charge >= 0.3 is 0 Å². The molecule has 1 aromatic heterocycles. The predicted octanol–water partition coefficient (Wildman–Crippen LogP) is 3.82. The molecule has 17 heavy (non-hydrogen) atoms. The summed E-state index contributed by atoms with van der Waals surface area (Å²) in [5, 5.41) is 8.34. The number of halogens is 3. The maximum Gasteiger partial charge on any atom is 0.151 e. The topological polar surface area (TPSA) is 25.8 Å². The first-order chi connectivity index (χ1) is 8.06. The van der Waals surface area contributed by atoms with Crippen LogP contribution in [0.25, 0.3) is 0 Å². The minimum Gasteiger partial charge on any atom is -0.207 e. The van der Waals surface area contributed by atoms with Crippen molar-refractivity contribution < 1.29 is 4.39 Å². The van der Waals surface area contributed by atoms with Crippen LogP contribution in [0.5, 0.6) is 0 Å². The molecule has 0 saturated heterocycles. The lowest BCUT2D eigenvalue weighted by Gasteiger charge is -2.05. The molecule has 5 heteroatoms. The van der Waals surface area contributed by atoms with Crippen molar-refractivity contribution in [3.05, 3.63) is 57.1 Å². The van der Waals surface area contributed by atoms with E-state index in [1.807, 2.05) is 6.92 Å². The fourth-order valence-corrected chi connectivity index (χ4v) is 1.74. The molecule has 0 spiro atoms. The molecule has 1 heterocycles. The Morgan fingerprint density at radius 1 is 1.18 bits per heavy atom. The summed E-state index contributed by atoms with van der Waals surface area (Å²) in [7, 11) is 0. The molecule has 2 rings (SSSR count). The number of rotatable bonds is 2. The summed E-state index contributed by atoms with van der Waals surface area (Å²) in [5.41, 5.74) is 2.04. The number of nitrogens with zero attached hydrogens (tertiary/aromatic N) is 2. The normalized spacial score (nSPS) is 10.6. The lowest BCUT2D eigenvalue weighted by molar-refractivity contribution is 0.612. The Bertz CT molecular complexity index is 541. The lowest BCUT2D eigenvalue weighted by Crippen LogP contribution is -1.98. The van der Waals surface area contributed by atoms with Gasteiger partial charge in [0.05, 0.1) is 5.69 Å². The third-order valence-electron chi connectivity index (χ3n) is 2.39. The van der Waals surface area contributed by atoms with Crippen molar-refractivity contribution in [3.8, 4) is 0 Å². The van der Waals surface area contributed by atoms with E-state index in [0.29, 0.717) is 27.9 Å². The van der Waals surface area contributed by atoms with Crippen molar-refractivity contribution in [1.82, 2.24) is 10.2 Å². The summed E-state index contributed by atoms with van der Waals surface area (Å²) in [6, 6.07) is 6.38. The Kier molecular flexibility index (Phi) is 3.60. The maximum absolute atomic E-state index is 13.6. The molecule has 0 saturated carbocycles. The van der Waals surface area contributed by atoms with Crippen LogP contribution in [0.1, 0.15) is 16.8 Å². The number of benzene rings is 1. The summed E-state index contributed by atoms with van der Waals surface area (Å²) in [6.07, 6.45) is 0.369. The molecule has 1 aromatic carbocycles. The molecule has 0 radical (unpaired) electrons. The van der Waals surface area contributed by atoms with Crippen molar-refractivity contribution in [3.63, 3.8) is 0 Å². The highest BCUT2D eigenvalue weighted by atomic mass is 35.5. The molecular weight excluding hydrogens is 262 g/mol. The zero-order valence-corrected chi connectivity index (χ0v) is 10.6.